The Hall–Kier alpha value is -3.87. The first-order valence-corrected chi connectivity index (χ1v) is 12.6. The van der Waals surface area contributed by atoms with Gasteiger partial charge in [0.25, 0.3) is 11.8 Å². The third-order valence-electron chi connectivity index (χ3n) is 5.36. The molecule has 0 aromatic heterocycles. The Morgan fingerprint density at radius 2 is 1.36 bits per heavy atom. The fraction of sp³-hybridized carbons (Fsp3) is 0.0690. The Balaban J connectivity index is 1.29. The lowest BCUT2D eigenvalue weighted by Gasteiger charge is -2.07. The summed E-state index contributed by atoms with van der Waals surface area (Å²) >= 11 is 7.63. The van der Waals surface area contributed by atoms with Gasteiger partial charge in [0.15, 0.2) is 0 Å². The Kier molecular flexibility index (Phi) is 8.55. The van der Waals surface area contributed by atoms with Crippen LogP contribution in [-0.2, 0) is 5.75 Å². The van der Waals surface area contributed by atoms with Crippen molar-refractivity contribution >= 4 is 46.6 Å². The molecule has 0 spiro atoms. The second-order valence-electron chi connectivity index (χ2n) is 7.98. The number of anilines is 1. The number of nitrogens with one attached hydrogen (secondary N) is 2. The molecule has 5 nitrogen and oxygen atoms in total. The van der Waals surface area contributed by atoms with E-state index in [1.54, 1.807) is 48.2 Å². The minimum atomic E-state index is -0.280. The average molecular weight is 514 g/mol. The number of benzene rings is 4. The molecule has 0 fully saturated rings. The van der Waals surface area contributed by atoms with Crippen molar-refractivity contribution in [1.29, 1.82) is 0 Å². The van der Waals surface area contributed by atoms with Crippen LogP contribution in [0.5, 0.6) is 0 Å². The van der Waals surface area contributed by atoms with E-state index in [-0.39, 0.29) is 11.8 Å². The highest BCUT2D eigenvalue weighted by molar-refractivity contribution is 7.98. The lowest BCUT2D eigenvalue weighted by molar-refractivity contribution is 0.0954. The minimum absolute atomic E-state index is 0.171. The molecule has 2 amide bonds. The number of hydrogen-bond donors (Lipinski definition) is 2. The van der Waals surface area contributed by atoms with Gasteiger partial charge in [-0.05, 0) is 78.7 Å². The molecule has 2 N–H and O–H groups in total. The van der Waals surface area contributed by atoms with E-state index in [4.69, 9.17) is 11.6 Å². The van der Waals surface area contributed by atoms with Gasteiger partial charge in [-0.3, -0.25) is 9.59 Å². The molecule has 0 aliphatic heterocycles. The quantitative estimate of drug-likeness (QED) is 0.151. The maximum absolute atomic E-state index is 12.5. The molecule has 0 atom stereocenters. The molecule has 0 saturated heterocycles. The Morgan fingerprint density at radius 3 is 2.03 bits per heavy atom. The van der Waals surface area contributed by atoms with Gasteiger partial charge >= 0.3 is 0 Å². The first-order chi connectivity index (χ1) is 17.5. The number of thioether (sulfide) groups is 1. The molecule has 0 aliphatic carbocycles. The second-order valence-corrected chi connectivity index (χ2v) is 9.46. The van der Waals surface area contributed by atoms with E-state index >= 15 is 0 Å². The van der Waals surface area contributed by atoms with Crippen LogP contribution in [0.3, 0.4) is 0 Å². The van der Waals surface area contributed by atoms with Crippen molar-refractivity contribution in [3.63, 3.8) is 0 Å². The maximum atomic E-state index is 12.5. The molecule has 4 aromatic rings. The molecule has 0 unspecified atom stereocenters. The van der Waals surface area contributed by atoms with Crippen LogP contribution in [0, 0.1) is 0 Å². The highest BCUT2D eigenvalue weighted by atomic mass is 35.5. The van der Waals surface area contributed by atoms with Gasteiger partial charge < -0.3 is 5.32 Å². The van der Waals surface area contributed by atoms with Crippen molar-refractivity contribution in [3.05, 3.63) is 130 Å². The molecule has 0 saturated carbocycles. The first-order valence-electron chi connectivity index (χ1n) is 11.3. The fourth-order valence-corrected chi connectivity index (χ4v) is 4.28. The smallest absolute Gasteiger partial charge is 0.271 e. The fourth-order valence-electron chi connectivity index (χ4n) is 3.30. The normalized spacial score (nSPS) is 11.1. The van der Waals surface area contributed by atoms with E-state index in [1.807, 2.05) is 73.7 Å². The van der Waals surface area contributed by atoms with Gasteiger partial charge in [-0.1, -0.05) is 54.1 Å². The molecule has 0 bridgehead atoms. The number of halogens is 1. The third-order valence-corrected chi connectivity index (χ3v) is 6.69. The Morgan fingerprint density at radius 1 is 0.750 bits per heavy atom. The van der Waals surface area contributed by atoms with Gasteiger partial charge in [0.05, 0.1) is 5.71 Å². The van der Waals surface area contributed by atoms with E-state index in [9.17, 15) is 9.59 Å². The van der Waals surface area contributed by atoms with Crippen molar-refractivity contribution < 1.29 is 9.59 Å². The van der Waals surface area contributed by atoms with E-state index < -0.39 is 0 Å². The Labute approximate surface area is 219 Å². The SMILES string of the molecule is C/C(=N/NC(=O)c1ccc(CSc2ccc(Cl)cc2)cc1)c1ccc(NC(=O)c2ccccc2)cc1. The predicted octanol–water partition coefficient (Wildman–Crippen LogP) is 7.04. The molecule has 36 heavy (non-hydrogen) atoms. The monoisotopic (exact) mass is 513 g/mol. The standard InChI is InChI=1S/C29H24ClN3O2S/c1-20(22-11-15-26(16-12-22)31-28(34)23-5-3-2-4-6-23)32-33-29(35)24-9-7-21(8-10-24)19-36-27-17-13-25(30)14-18-27/h2-18H,19H2,1H3,(H,31,34)(H,33,35)/b32-20-. The summed E-state index contributed by atoms with van der Waals surface area (Å²) in [6.07, 6.45) is 0. The van der Waals surface area contributed by atoms with Crippen molar-refractivity contribution in [3.8, 4) is 0 Å². The zero-order valence-corrected chi connectivity index (χ0v) is 21.1. The zero-order valence-electron chi connectivity index (χ0n) is 19.6. The van der Waals surface area contributed by atoms with Gasteiger partial charge in [0, 0.05) is 32.5 Å². The topological polar surface area (TPSA) is 70.6 Å². The second kappa shape index (κ2) is 12.2. The van der Waals surface area contributed by atoms with Gasteiger partial charge in [0.1, 0.15) is 0 Å². The van der Waals surface area contributed by atoms with Crippen molar-refractivity contribution in [2.45, 2.75) is 17.6 Å². The summed E-state index contributed by atoms with van der Waals surface area (Å²) < 4.78 is 0. The molecular weight excluding hydrogens is 490 g/mol. The van der Waals surface area contributed by atoms with Crippen molar-refractivity contribution in [1.82, 2.24) is 5.43 Å². The largest absolute Gasteiger partial charge is 0.322 e. The molecule has 0 radical (unpaired) electrons. The predicted molar refractivity (Wildman–Crippen MR) is 148 cm³/mol. The summed E-state index contributed by atoms with van der Waals surface area (Å²) in [6.45, 7) is 1.81. The van der Waals surface area contributed by atoms with Crippen LogP contribution >= 0.6 is 23.4 Å². The third kappa shape index (κ3) is 7.07. The molecule has 7 heteroatoms. The maximum Gasteiger partial charge on any atom is 0.271 e. The Bertz CT molecular complexity index is 1350. The zero-order chi connectivity index (χ0) is 25.3. The number of rotatable bonds is 8. The number of carbonyl (C=O) groups excluding carboxylic acids is 2. The summed E-state index contributed by atoms with van der Waals surface area (Å²) in [7, 11) is 0. The number of hydrazone groups is 1. The summed E-state index contributed by atoms with van der Waals surface area (Å²) in [5.41, 5.74) is 7.02. The lowest BCUT2D eigenvalue weighted by Crippen LogP contribution is -2.19. The highest BCUT2D eigenvalue weighted by Gasteiger charge is 2.08. The van der Waals surface area contributed by atoms with Crippen LogP contribution < -0.4 is 10.7 Å². The average Bonchev–Trinajstić information content (AvgIpc) is 2.92. The van der Waals surface area contributed by atoms with E-state index in [0.29, 0.717) is 22.5 Å². The van der Waals surface area contributed by atoms with Gasteiger partial charge in [-0.25, -0.2) is 5.43 Å². The summed E-state index contributed by atoms with van der Waals surface area (Å²) in [5.74, 6) is 0.344. The number of hydrogen-bond acceptors (Lipinski definition) is 4. The van der Waals surface area contributed by atoms with Gasteiger partial charge in [-0.2, -0.15) is 5.10 Å². The van der Waals surface area contributed by atoms with E-state index in [0.717, 1.165) is 26.8 Å². The van der Waals surface area contributed by atoms with Crippen LogP contribution in [0.25, 0.3) is 0 Å². The molecule has 4 aromatic carbocycles. The molecular formula is C29H24ClN3O2S. The summed E-state index contributed by atoms with van der Waals surface area (Å²) in [5, 5.41) is 7.81. The van der Waals surface area contributed by atoms with Crippen LogP contribution in [0.15, 0.2) is 113 Å². The first kappa shape index (κ1) is 25.2. The van der Waals surface area contributed by atoms with Crippen LogP contribution in [0.4, 0.5) is 5.69 Å². The molecule has 0 aliphatic rings. The van der Waals surface area contributed by atoms with Crippen LogP contribution in [-0.4, -0.2) is 17.5 Å². The number of carbonyl (C=O) groups is 2. The number of nitrogens with zero attached hydrogens (tertiary/aromatic N) is 1. The van der Waals surface area contributed by atoms with E-state index in [2.05, 4.69) is 15.8 Å². The highest BCUT2D eigenvalue weighted by Crippen LogP contribution is 2.24. The van der Waals surface area contributed by atoms with Crippen molar-refractivity contribution in [2.75, 3.05) is 5.32 Å². The number of amides is 2. The summed E-state index contributed by atoms with van der Waals surface area (Å²) in [4.78, 5) is 26.0. The van der Waals surface area contributed by atoms with Gasteiger partial charge in [0.2, 0.25) is 0 Å². The minimum Gasteiger partial charge on any atom is -0.322 e. The summed E-state index contributed by atoms with van der Waals surface area (Å²) in [6, 6.07) is 31.5. The van der Waals surface area contributed by atoms with Gasteiger partial charge in [-0.15, -0.1) is 11.8 Å². The lowest BCUT2D eigenvalue weighted by atomic mass is 10.1. The molecule has 4 rings (SSSR count). The van der Waals surface area contributed by atoms with Crippen molar-refractivity contribution in [2.24, 2.45) is 5.10 Å². The van der Waals surface area contributed by atoms with Crippen LogP contribution in [0.1, 0.15) is 38.8 Å². The molecule has 180 valence electrons. The van der Waals surface area contributed by atoms with E-state index in [1.165, 1.54) is 0 Å². The van der Waals surface area contributed by atoms with Crippen LogP contribution in [0.2, 0.25) is 5.02 Å². The molecule has 0 heterocycles.